The van der Waals surface area contributed by atoms with Crippen molar-refractivity contribution in [1.82, 2.24) is 4.98 Å². The second kappa shape index (κ2) is 5.51. The Hall–Kier alpha value is -2.35. The Morgan fingerprint density at radius 2 is 2.56 bits per heavy atom. The zero-order chi connectivity index (χ0) is 12.0. The van der Waals surface area contributed by atoms with Crippen LogP contribution in [-0.2, 0) is 4.79 Å². The molecule has 1 rings (SSSR count). The fraction of sp³-hybridized carbons (Fsp3) is 0.182. The number of nitrogens with zero attached hydrogens (tertiary/aromatic N) is 2. The number of carboxylic acid groups (broad SMARTS) is 1. The Labute approximate surface area is 93.0 Å². The molecule has 1 unspecified atom stereocenters. The van der Waals surface area contributed by atoms with Gasteiger partial charge in [-0.2, -0.15) is 5.26 Å². The predicted octanol–water partition coefficient (Wildman–Crippen LogP) is 1.39. The van der Waals surface area contributed by atoms with Gasteiger partial charge in [-0.15, -0.1) is 6.58 Å². The number of nitriles is 1. The smallest absolute Gasteiger partial charge is 0.326 e. The average Bonchev–Trinajstić information content (AvgIpc) is 2.29. The van der Waals surface area contributed by atoms with Crippen molar-refractivity contribution in [1.29, 1.82) is 5.26 Å². The number of hydrogen-bond donors (Lipinski definition) is 2. The summed E-state index contributed by atoms with van der Waals surface area (Å²) in [6.45, 7) is 3.48. The third-order valence-electron chi connectivity index (χ3n) is 1.94. The van der Waals surface area contributed by atoms with Crippen LogP contribution in [0.2, 0.25) is 0 Å². The van der Waals surface area contributed by atoms with E-state index in [0.717, 1.165) is 0 Å². The number of pyridine rings is 1. The summed E-state index contributed by atoms with van der Waals surface area (Å²) in [6.07, 6.45) is 3.26. The molecule has 5 heteroatoms. The van der Waals surface area contributed by atoms with Crippen molar-refractivity contribution < 1.29 is 9.90 Å². The van der Waals surface area contributed by atoms with Crippen molar-refractivity contribution in [3.63, 3.8) is 0 Å². The van der Waals surface area contributed by atoms with Crippen LogP contribution in [0.15, 0.2) is 31.0 Å². The summed E-state index contributed by atoms with van der Waals surface area (Å²) < 4.78 is 0. The van der Waals surface area contributed by atoms with E-state index < -0.39 is 12.0 Å². The van der Waals surface area contributed by atoms with Crippen LogP contribution < -0.4 is 5.32 Å². The summed E-state index contributed by atoms with van der Waals surface area (Å²) in [5.41, 5.74) is 0.595. The number of carboxylic acids is 1. The molecule has 0 fully saturated rings. The van der Waals surface area contributed by atoms with Crippen LogP contribution >= 0.6 is 0 Å². The maximum Gasteiger partial charge on any atom is 0.326 e. The monoisotopic (exact) mass is 217 g/mol. The fourth-order valence-corrected chi connectivity index (χ4v) is 1.19. The summed E-state index contributed by atoms with van der Waals surface area (Å²) in [4.78, 5) is 14.7. The molecule has 16 heavy (non-hydrogen) atoms. The minimum Gasteiger partial charge on any atom is -0.480 e. The van der Waals surface area contributed by atoms with Gasteiger partial charge >= 0.3 is 5.97 Å². The van der Waals surface area contributed by atoms with E-state index in [0.29, 0.717) is 5.69 Å². The van der Waals surface area contributed by atoms with E-state index >= 15 is 0 Å². The molecule has 0 radical (unpaired) electrons. The van der Waals surface area contributed by atoms with Gasteiger partial charge in [0.25, 0.3) is 0 Å². The topological polar surface area (TPSA) is 86.0 Å². The highest BCUT2D eigenvalue weighted by atomic mass is 16.4. The number of rotatable bonds is 5. The average molecular weight is 217 g/mol. The zero-order valence-corrected chi connectivity index (χ0v) is 8.55. The van der Waals surface area contributed by atoms with Crippen LogP contribution in [0.25, 0.3) is 0 Å². The standard InChI is InChI=1S/C11H11N3O2/c1-2-4-9(11(15)16)14-8-5-3-6-13-10(8)7-12/h2-3,5-6,9,14H,1,4H2,(H,15,16). The zero-order valence-electron chi connectivity index (χ0n) is 8.55. The van der Waals surface area contributed by atoms with Crippen molar-refractivity contribution in [2.24, 2.45) is 0 Å². The van der Waals surface area contributed by atoms with Gasteiger partial charge in [0.05, 0.1) is 5.69 Å². The highest BCUT2D eigenvalue weighted by Gasteiger charge is 2.16. The van der Waals surface area contributed by atoms with E-state index in [2.05, 4.69) is 16.9 Å². The van der Waals surface area contributed by atoms with Gasteiger partial charge in [0, 0.05) is 6.20 Å². The predicted molar refractivity (Wildman–Crippen MR) is 58.8 cm³/mol. The maximum absolute atomic E-state index is 10.9. The molecule has 82 valence electrons. The molecular formula is C11H11N3O2. The molecule has 1 atom stereocenters. The Bertz CT molecular complexity index is 437. The quantitative estimate of drug-likeness (QED) is 0.728. The molecule has 0 spiro atoms. The number of aliphatic carboxylic acids is 1. The fourth-order valence-electron chi connectivity index (χ4n) is 1.19. The summed E-state index contributed by atoms with van der Waals surface area (Å²) in [7, 11) is 0. The van der Waals surface area contributed by atoms with E-state index in [1.165, 1.54) is 12.3 Å². The Kier molecular flexibility index (Phi) is 4.04. The van der Waals surface area contributed by atoms with Crippen molar-refractivity contribution in [2.75, 3.05) is 5.32 Å². The van der Waals surface area contributed by atoms with Crippen molar-refractivity contribution >= 4 is 11.7 Å². The lowest BCUT2D eigenvalue weighted by Crippen LogP contribution is -2.29. The van der Waals surface area contributed by atoms with Crippen LogP contribution in [0.5, 0.6) is 0 Å². The van der Waals surface area contributed by atoms with E-state index in [1.807, 2.05) is 6.07 Å². The number of nitrogens with one attached hydrogen (secondary N) is 1. The molecule has 0 aromatic carbocycles. The van der Waals surface area contributed by atoms with E-state index in [1.54, 1.807) is 12.1 Å². The molecule has 1 aromatic heterocycles. The number of aromatic nitrogens is 1. The molecule has 0 aliphatic carbocycles. The molecule has 1 aromatic rings. The summed E-state index contributed by atoms with van der Waals surface area (Å²) in [6, 6.07) is 4.34. The van der Waals surface area contributed by atoms with Crippen molar-refractivity contribution in [3.8, 4) is 6.07 Å². The first kappa shape index (κ1) is 11.7. The number of carbonyl (C=O) groups is 1. The SMILES string of the molecule is C=CCC(Nc1cccnc1C#N)C(=O)O. The molecule has 0 saturated heterocycles. The third kappa shape index (κ3) is 2.82. The molecule has 5 nitrogen and oxygen atoms in total. The normalized spacial score (nSPS) is 11.2. The maximum atomic E-state index is 10.9. The number of hydrogen-bond acceptors (Lipinski definition) is 4. The van der Waals surface area contributed by atoms with Crippen LogP contribution in [0, 0.1) is 11.3 Å². The van der Waals surface area contributed by atoms with Gasteiger partial charge in [0.1, 0.15) is 12.1 Å². The largest absolute Gasteiger partial charge is 0.480 e. The van der Waals surface area contributed by atoms with Crippen LogP contribution in [0.1, 0.15) is 12.1 Å². The van der Waals surface area contributed by atoms with Crippen LogP contribution in [0.4, 0.5) is 5.69 Å². The summed E-state index contributed by atoms with van der Waals surface area (Å²) in [5, 5.41) is 20.4. The molecule has 1 heterocycles. The van der Waals surface area contributed by atoms with E-state index in [4.69, 9.17) is 10.4 Å². The van der Waals surface area contributed by atoms with Gasteiger partial charge in [-0.25, -0.2) is 9.78 Å². The first-order valence-electron chi connectivity index (χ1n) is 4.64. The molecule has 0 saturated carbocycles. The summed E-state index contributed by atoms with van der Waals surface area (Å²) in [5.74, 6) is -0.993. The molecule has 0 bridgehead atoms. The molecular weight excluding hydrogens is 206 g/mol. The van der Waals surface area contributed by atoms with Crippen LogP contribution in [0.3, 0.4) is 0 Å². The van der Waals surface area contributed by atoms with Gasteiger partial charge in [-0.05, 0) is 18.6 Å². The van der Waals surface area contributed by atoms with Crippen molar-refractivity contribution in [2.45, 2.75) is 12.5 Å². The Balaban J connectivity index is 2.89. The van der Waals surface area contributed by atoms with Gasteiger partial charge in [-0.1, -0.05) is 6.08 Å². The van der Waals surface area contributed by atoms with Crippen molar-refractivity contribution in [3.05, 3.63) is 36.7 Å². The molecule has 0 amide bonds. The molecule has 0 aliphatic heterocycles. The minimum absolute atomic E-state index is 0.179. The lowest BCUT2D eigenvalue weighted by Gasteiger charge is -2.14. The second-order valence-electron chi connectivity index (χ2n) is 3.07. The van der Waals surface area contributed by atoms with E-state index in [-0.39, 0.29) is 12.1 Å². The highest BCUT2D eigenvalue weighted by molar-refractivity contribution is 5.78. The van der Waals surface area contributed by atoms with E-state index in [9.17, 15) is 4.79 Å². The van der Waals surface area contributed by atoms with Gasteiger partial charge in [-0.3, -0.25) is 0 Å². The van der Waals surface area contributed by atoms with Gasteiger partial charge < -0.3 is 10.4 Å². The minimum atomic E-state index is -0.993. The molecule has 0 aliphatic rings. The second-order valence-corrected chi connectivity index (χ2v) is 3.07. The lowest BCUT2D eigenvalue weighted by molar-refractivity contribution is -0.137. The first-order valence-corrected chi connectivity index (χ1v) is 4.64. The first-order chi connectivity index (χ1) is 7.69. The Morgan fingerprint density at radius 3 is 3.12 bits per heavy atom. The van der Waals surface area contributed by atoms with Crippen LogP contribution in [-0.4, -0.2) is 22.1 Å². The highest BCUT2D eigenvalue weighted by Crippen LogP contribution is 2.13. The van der Waals surface area contributed by atoms with Gasteiger partial charge in [0.2, 0.25) is 0 Å². The lowest BCUT2D eigenvalue weighted by atomic mass is 10.2. The molecule has 2 N–H and O–H groups in total. The van der Waals surface area contributed by atoms with Gasteiger partial charge in [0.15, 0.2) is 5.69 Å². The third-order valence-corrected chi connectivity index (χ3v) is 1.94. The number of anilines is 1. The summed E-state index contributed by atoms with van der Waals surface area (Å²) >= 11 is 0. The Morgan fingerprint density at radius 1 is 1.81 bits per heavy atom.